The van der Waals surface area contributed by atoms with Gasteiger partial charge in [-0.1, -0.05) is 19.9 Å². The van der Waals surface area contributed by atoms with Crippen LogP contribution in [0.2, 0.25) is 0 Å². The average Bonchev–Trinajstić information content (AvgIpc) is 2.46. The minimum atomic E-state index is -4.68. The summed E-state index contributed by atoms with van der Waals surface area (Å²) >= 11 is 0. The lowest BCUT2D eigenvalue weighted by Gasteiger charge is -2.34. The summed E-state index contributed by atoms with van der Waals surface area (Å²) in [6.45, 7) is 5.36. The molecule has 1 aromatic rings. The zero-order chi connectivity index (χ0) is 17.2. The Morgan fingerprint density at radius 2 is 1.87 bits per heavy atom. The zero-order valence-corrected chi connectivity index (χ0v) is 13.8. The Morgan fingerprint density at radius 1 is 1.26 bits per heavy atom. The Balaban J connectivity index is 2.13. The Kier molecular flexibility index (Phi) is 5.23. The van der Waals surface area contributed by atoms with Crippen LogP contribution in [0, 0.1) is 11.8 Å². The number of hydrogen-bond acceptors (Lipinski definition) is 3. The molecule has 1 N–H and O–H groups in total. The lowest BCUT2D eigenvalue weighted by atomic mass is 9.92. The van der Waals surface area contributed by atoms with Crippen molar-refractivity contribution in [1.82, 2.24) is 4.90 Å². The van der Waals surface area contributed by atoms with E-state index in [1.54, 1.807) is 4.90 Å². The second kappa shape index (κ2) is 6.82. The van der Waals surface area contributed by atoms with Gasteiger partial charge in [-0.25, -0.2) is 13.2 Å². The van der Waals surface area contributed by atoms with Crippen LogP contribution < -0.4 is 5.32 Å². The van der Waals surface area contributed by atoms with E-state index < -0.39 is 20.5 Å². The molecule has 2 rings (SSSR count). The van der Waals surface area contributed by atoms with Crippen molar-refractivity contribution in [1.29, 1.82) is 0 Å². The summed E-state index contributed by atoms with van der Waals surface area (Å²) < 4.78 is 48.1. The Bertz CT molecular complexity index is 669. The van der Waals surface area contributed by atoms with E-state index in [9.17, 15) is 22.0 Å². The summed E-state index contributed by atoms with van der Waals surface area (Å²) in [5.74, 6) is -2.72. The largest absolute Gasteiger partial charge is 0.341 e. The molecule has 0 aromatic heterocycles. The molecule has 0 aliphatic carbocycles. The molecule has 8 heteroatoms. The van der Waals surface area contributed by atoms with E-state index in [-0.39, 0.29) is 11.7 Å². The van der Waals surface area contributed by atoms with Crippen LogP contribution in [-0.4, -0.2) is 38.2 Å². The number of amides is 2. The number of carbonyl (C=O) groups is 1. The van der Waals surface area contributed by atoms with Gasteiger partial charge in [-0.15, -0.1) is 0 Å². The summed E-state index contributed by atoms with van der Waals surface area (Å²) in [7, 11) is -4.68. The molecule has 0 spiro atoms. The molecule has 0 saturated carbocycles. The standard InChI is InChI=1S/C15H20F2N2O3S/c1-10-6-11(2)9-19(8-10)15(20)18-12-4-3-5-13(7-12)23(21,22)14(16)17/h3-5,7,10-11,14H,6,8-9H2,1-2H3,(H,18,20). The molecule has 2 atom stereocenters. The van der Waals surface area contributed by atoms with Gasteiger partial charge in [-0.3, -0.25) is 0 Å². The van der Waals surface area contributed by atoms with Crippen LogP contribution in [0.4, 0.5) is 19.3 Å². The first kappa shape index (κ1) is 17.7. The van der Waals surface area contributed by atoms with Gasteiger partial charge in [0.1, 0.15) is 0 Å². The molecule has 5 nitrogen and oxygen atoms in total. The summed E-state index contributed by atoms with van der Waals surface area (Å²) in [4.78, 5) is 13.4. The highest BCUT2D eigenvalue weighted by molar-refractivity contribution is 7.91. The van der Waals surface area contributed by atoms with Gasteiger partial charge in [0.05, 0.1) is 4.90 Å². The predicted octanol–water partition coefficient (Wildman–Crippen LogP) is 3.19. The van der Waals surface area contributed by atoms with E-state index in [1.165, 1.54) is 12.1 Å². The molecule has 1 fully saturated rings. The molecule has 1 saturated heterocycles. The number of hydrogen-bond donors (Lipinski definition) is 1. The summed E-state index contributed by atoms with van der Waals surface area (Å²) in [6.07, 6.45) is 1.05. The normalized spacial score (nSPS) is 22.2. The van der Waals surface area contributed by atoms with Gasteiger partial charge in [-0.05, 0) is 36.5 Å². The van der Waals surface area contributed by atoms with Gasteiger partial charge in [0.25, 0.3) is 0 Å². The highest BCUT2D eigenvalue weighted by Crippen LogP contribution is 2.24. The molecule has 1 aliphatic heterocycles. The minimum Gasteiger partial charge on any atom is -0.324 e. The number of carbonyl (C=O) groups excluding carboxylic acids is 1. The van der Waals surface area contributed by atoms with Gasteiger partial charge in [-0.2, -0.15) is 8.78 Å². The molecule has 1 aromatic carbocycles. The number of nitrogens with zero attached hydrogens (tertiary/aromatic N) is 1. The fraction of sp³-hybridized carbons (Fsp3) is 0.533. The molecule has 0 bridgehead atoms. The highest BCUT2D eigenvalue weighted by Gasteiger charge is 2.28. The monoisotopic (exact) mass is 346 g/mol. The lowest BCUT2D eigenvalue weighted by molar-refractivity contribution is 0.156. The topological polar surface area (TPSA) is 66.5 Å². The van der Waals surface area contributed by atoms with Crippen molar-refractivity contribution in [2.45, 2.75) is 30.9 Å². The number of anilines is 1. The first-order chi connectivity index (χ1) is 10.7. The number of halogens is 2. The molecular weight excluding hydrogens is 326 g/mol. The van der Waals surface area contributed by atoms with Crippen LogP contribution >= 0.6 is 0 Å². The van der Waals surface area contributed by atoms with Crippen molar-refractivity contribution in [2.75, 3.05) is 18.4 Å². The van der Waals surface area contributed by atoms with Crippen LogP contribution in [0.25, 0.3) is 0 Å². The van der Waals surface area contributed by atoms with Gasteiger partial charge in [0.2, 0.25) is 9.84 Å². The summed E-state index contributed by atoms with van der Waals surface area (Å²) in [5, 5.41) is 2.58. The summed E-state index contributed by atoms with van der Waals surface area (Å²) in [6, 6.07) is 4.58. The molecule has 1 heterocycles. The molecule has 128 valence electrons. The molecular formula is C15H20F2N2O3S. The van der Waals surface area contributed by atoms with Crippen LogP contribution in [0.3, 0.4) is 0 Å². The van der Waals surface area contributed by atoms with E-state index in [1.807, 2.05) is 0 Å². The zero-order valence-electron chi connectivity index (χ0n) is 13.0. The molecule has 0 radical (unpaired) electrons. The quantitative estimate of drug-likeness (QED) is 0.914. The van der Waals surface area contributed by atoms with Crippen molar-refractivity contribution in [3.63, 3.8) is 0 Å². The van der Waals surface area contributed by atoms with Crippen LogP contribution in [0.5, 0.6) is 0 Å². The van der Waals surface area contributed by atoms with E-state index in [2.05, 4.69) is 19.2 Å². The van der Waals surface area contributed by atoms with Gasteiger partial charge in [0.15, 0.2) is 0 Å². The fourth-order valence-corrected chi connectivity index (χ4v) is 3.65. The van der Waals surface area contributed by atoms with Crippen molar-refractivity contribution < 1.29 is 22.0 Å². The number of benzene rings is 1. The third-order valence-electron chi connectivity index (χ3n) is 3.80. The maximum atomic E-state index is 12.6. The van der Waals surface area contributed by atoms with Gasteiger partial charge < -0.3 is 10.2 Å². The third-order valence-corrected chi connectivity index (χ3v) is 5.18. The Morgan fingerprint density at radius 3 is 2.43 bits per heavy atom. The number of likely N-dealkylation sites (tertiary alicyclic amines) is 1. The smallest absolute Gasteiger partial charge is 0.324 e. The van der Waals surface area contributed by atoms with Crippen molar-refractivity contribution in [3.8, 4) is 0 Å². The van der Waals surface area contributed by atoms with Gasteiger partial charge >= 0.3 is 11.8 Å². The third kappa shape index (κ3) is 4.19. The maximum absolute atomic E-state index is 12.6. The number of alkyl halides is 2. The van der Waals surface area contributed by atoms with E-state index >= 15 is 0 Å². The second-order valence-electron chi connectivity index (χ2n) is 6.11. The Labute approximate surface area is 134 Å². The number of rotatable bonds is 3. The van der Waals surface area contributed by atoms with Crippen molar-refractivity contribution in [3.05, 3.63) is 24.3 Å². The van der Waals surface area contributed by atoms with E-state index in [4.69, 9.17) is 0 Å². The summed E-state index contributed by atoms with van der Waals surface area (Å²) in [5.41, 5.74) is 0.183. The fourth-order valence-electron chi connectivity index (χ4n) is 2.88. The number of sulfone groups is 1. The first-order valence-electron chi connectivity index (χ1n) is 7.38. The number of nitrogens with one attached hydrogen (secondary N) is 1. The molecule has 2 unspecified atom stereocenters. The maximum Gasteiger partial charge on any atom is 0.341 e. The first-order valence-corrected chi connectivity index (χ1v) is 8.93. The van der Waals surface area contributed by atoms with Gasteiger partial charge in [0, 0.05) is 18.8 Å². The average molecular weight is 346 g/mol. The highest BCUT2D eigenvalue weighted by atomic mass is 32.2. The Hall–Kier alpha value is -1.70. The van der Waals surface area contributed by atoms with Crippen molar-refractivity contribution >= 4 is 21.6 Å². The van der Waals surface area contributed by atoms with E-state index in [0.717, 1.165) is 18.6 Å². The lowest BCUT2D eigenvalue weighted by Crippen LogP contribution is -2.44. The van der Waals surface area contributed by atoms with Crippen LogP contribution in [-0.2, 0) is 9.84 Å². The second-order valence-corrected chi connectivity index (χ2v) is 8.03. The SMILES string of the molecule is CC1CC(C)CN(C(=O)Nc2cccc(S(=O)(=O)C(F)F)c2)C1. The van der Waals surface area contributed by atoms with Crippen molar-refractivity contribution in [2.24, 2.45) is 11.8 Å². The van der Waals surface area contributed by atoms with E-state index in [0.29, 0.717) is 24.9 Å². The minimum absolute atomic E-state index is 0.183. The number of piperidine rings is 1. The molecule has 23 heavy (non-hydrogen) atoms. The molecule has 2 amide bonds. The van der Waals surface area contributed by atoms with Crippen LogP contribution in [0.15, 0.2) is 29.2 Å². The predicted molar refractivity (Wildman–Crippen MR) is 83.2 cm³/mol. The number of urea groups is 1. The van der Waals surface area contributed by atoms with Crippen LogP contribution in [0.1, 0.15) is 20.3 Å². The molecule has 1 aliphatic rings.